The minimum absolute atomic E-state index is 0.00384. The molecule has 41 heavy (non-hydrogen) atoms. The fourth-order valence-corrected chi connectivity index (χ4v) is 5.35. The van der Waals surface area contributed by atoms with Crippen LogP contribution in [0, 0.1) is 19.7 Å². The quantitative estimate of drug-likeness (QED) is 0.207. The molecule has 0 saturated heterocycles. The summed E-state index contributed by atoms with van der Waals surface area (Å²) in [6, 6.07) is 6.17. The summed E-state index contributed by atoms with van der Waals surface area (Å²) in [7, 11) is 0. The van der Waals surface area contributed by atoms with E-state index in [4.69, 9.17) is 9.47 Å². The van der Waals surface area contributed by atoms with Crippen LogP contribution in [-0.4, -0.2) is 54.9 Å². The molecule has 12 heteroatoms. The maximum Gasteiger partial charge on any atom is 0.412 e. The number of nitrogens with zero attached hydrogens (tertiary/aromatic N) is 6. The number of aromatic nitrogens is 5. The van der Waals surface area contributed by atoms with Crippen LogP contribution < -0.4 is 14.4 Å². The Labute approximate surface area is 239 Å². The van der Waals surface area contributed by atoms with E-state index >= 15 is 4.39 Å². The molecule has 5 rings (SSSR count). The Morgan fingerprint density at radius 1 is 1.05 bits per heavy atom. The van der Waals surface area contributed by atoms with Crippen molar-refractivity contribution in [2.45, 2.75) is 53.2 Å². The molecule has 1 amide bonds. The van der Waals surface area contributed by atoms with Crippen LogP contribution in [0.2, 0.25) is 0 Å². The Balaban J connectivity index is 1.44. The number of aryl methyl sites for hydroxylation is 2. The summed E-state index contributed by atoms with van der Waals surface area (Å²) in [5, 5.41) is 10.5. The molecule has 2 unspecified atom stereocenters. The summed E-state index contributed by atoms with van der Waals surface area (Å²) in [5.41, 5.74) is 3.91. The molecule has 0 fully saturated rings. The summed E-state index contributed by atoms with van der Waals surface area (Å²) >= 11 is 1.38. The van der Waals surface area contributed by atoms with Gasteiger partial charge in [0.25, 0.3) is 0 Å². The normalized spacial score (nSPS) is 12.8. The third-order valence-electron chi connectivity index (χ3n) is 6.55. The van der Waals surface area contributed by atoms with E-state index in [-0.39, 0.29) is 5.75 Å². The molecule has 2 aromatic carbocycles. The second-order valence-corrected chi connectivity index (χ2v) is 10.7. The maximum atomic E-state index is 15.2. The summed E-state index contributed by atoms with van der Waals surface area (Å²) in [6.45, 7) is 9.63. The van der Waals surface area contributed by atoms with Crippen molar-refractivity contribution in [1.82, 2.24) is 24.9 Å². The van der Waals surface area contributed by atoms with Crippen molar-refractivity contribution in [1.29, 1.82) is 0 Å². The number of thiazole rings is 1. The number of hydrogen-bond donors (Lipinski definition) is 1. The average molecular weight is 577 g/mol. The highest BCUT2D eigenvalue weighted by Gasteiger charge is 2.29. The molecule has 5 aromatic rings. The second-order valence-electron chi connectivity index (χ2n) is 9.71. The molecule has 0 aliphatic carbocycles. The monoisotopic (exact) mass is 576 g/mol. The molecule has 0 aliphatic heterocycles. The smallest absolute Gasteiger partial charge is 0.412 e. The third kappa shape index (κ3) is 5.87. The Hall–Kier alpha value is -4.45. The predicted molar refractivity (Wildman–Crippen MR) is 155 cm³/mol. The van der Waals surface area contributed by atoms with Crippen molar-refractivity contribution in [3.63, 3.8) is 0 Å². The highest BCUT2D eigenvalue weighted by Crippen LogP contribution is 2.37. The standard InChI is InChI=1S/C29H29FN6O4S/c1-6-7-39-26-14-33-27-20(8-15(2)9-23(27)34-26)28-35-22-10-21(30)24(11-25(22)41-28)40-17(4)16(3)36(29(37)38)19-12-31-18(5)32-13-19/h8-14,16-17H,6-7H2,1-5H3,(H,37,38). The molecule has 1 N–H and O–H groups in total. The lowest BCUT2D eigenvalue weighted by Crippen LogP contribution is -2.46. The minimum Gasteiger partial charge on any atom is -0.485 e. The van der Waals surface area contributed by atoms with Gasteiger partial charge in [-0.25, -0.2) is 34.1 Å². The molecule has 2 atom stereocenters. The van der Waals surface area contributed by atoms with E-state index < -0.39 is 24.1 Å². The van der Waals surface area contributed by atoms with Crippen LogP contribution in [0.15, 0.2) is 42.9 Å². The topological polar surface area (TPSA) is 123 Å². The van der Waals surface area contributed by atoms with E-state index in [9.17, 15) is 9.90 Å². The van der Waals surface area contributed by atoms with E-state index in [2.05, 4.69) is 24.9 Å². The Kier molecular flexibility index (Phi) is 7.93. The van der Waals surface area contributed by atoms with Crippen LogP contribution in [0.5, 0.6) is 11.6 Å². The summed E-state index contributed by atoms with van der Waals surface area (Å²) < 4.78 is 27.5. The first-order valence-electron chi connectivity index (χ1n) is 13.1. The van der Waals surface area contributed by atoms with E-state index in [1.165, 1.54) is 29.8 Å². The first kappa shape index (κ1) is 28.1. The van der Waals surface area contributed by atoms with E-state index in [0.717, 1.165) is 22.4 Å². The lowest BCUT2D eigenvalue weighted by molar-refractivity contribution is 0.167. The molecule has 0 radical (unpaired) electrons. The van der Waals surface area contributed by atoms with Crippen LogP contribution >= 0.6 is 11.3 Å². The lowest BCUT2D eigenvalue weighted by Gasteiger charge is -2.30. The zero-order valence-corrected chi connectivity index (χ0v) is 24.1. The van der Waals surface area contributed by atoms with Gasteiger partial charge in [0, 0.05) is 17.7 Å². The fourth-order valence-electron chi connectivity index (χ4n) is 4.36. The first-order valence-corrected chi connectivity index (χ1v) is 13.9. The lowest BCUT2D eigenvalue weighted by atomic mass is 10.1. The van der Waals surface area contributed by atoms with E-state index in [1.807, 2.05) is 26.0 Å². The second kappa shape index (κ2) is 11.6. The Morgan fingerprint density at radius 2 is 1.80 bits per heavy atom. The van der Waals surface area contributed by atoms with Gasteiger partial charge in [-0.3, -0.25) is 4.90 Å². The van der Waals surface area contributed by atoms with Gasteiger partial charge in [-0.15, -0.1) is 11.3 Å². The van der Waals surface area contributed by atoms with Gasteiger partial charge >= 0.3 is 6.09 Å². The van der Waals surface area contributed by atoms with E-state index in [1.54, 1.807) is 33.0 Å². The number of hydrogen-bond acceptors (Lipinski definition) is 9. The van der Waals surface area contributed by atoms with Crippen molar-refractivity contribution < 1.29 is 23.8 Å². The van der Waals surface area contributed by atoms with Gasteiger partial charge < -0.3 is 14.6 Å². The SMILES string of the molecule is CCCOc1cnc2c(-c3nc4cc(F)c(OC(C)C(C)N(C(=O)O)c5cnc(C)nc5)cc4s3)cc(C)cc2n1. The van der Waals surface area contributed by atoms with Crippen LogP contribution in [0.4, 0.5) is 14.9 Å². The van der Waals surface area contributed by atoms with Crippen molar-refractivity contribution in [2.75, 3.05) is 11.5 Å². The average Bonchev–Trinajstić information content (AvgIpc) is 3.34. The van der Waals surface area contributed by atoms with Crippen LogP contribution in [0.3, 0.4) is 0 Å². The minimum atomic E-state index is -1.19. The highest BCUT2D eigenvalue weighted by atomic mass is 32.1. The summed E-state index contributed by atoms with van der Waals surface area (Å²) in [5.74, 6) is 0.389. The molecule has 3 heterocycles. The van der Waals surface area contributed by atoms with Gasteiger partial charge in [-0.2, -0.15) is 0 Å². The van der Waals surface area contributed by atoms with Crippen molar-refractivity contribution in [3.05, 3.63) is 60.1 Å². The number of carbonyl (C=O) groups is 1. The molecular formula is C29H29FN6O4S. The number of benzene rings is 2. The molecule has 3 aromatic heterocycles. The number of halogens is 1. The number of rotatable bonds is 9. The molecule has 10 nitrogen and oxygen atoms in total. The number of anilines is 1. The number of ether oxygens (including phenoxy) is 2. The number of fused-ring (bicyclic) bond motifs is 2. The third-order valence-corrected chi connectivity index (χ3v) is 7.60. The zero-order chi connectivity index (χ0) is 29.3. The van der Waals surface area contributed by atoms with Crippen LogP contribution in [-0.2, 0) is 0 Å². The number of carboxylic acid groups (broad SMARTS) is 1. The van der Waals surface area contributed by atoms with Crippen LogP contribution in [0.25, 0.3) is 31.8 Å². The maximum absolute atomic E-state index is 15.2. The van der Waals surface area contributed by atoms with Gasteiger partial charge in [-0.1, -0.05) is 6.92 Å². The molecular weight excluding hydrogens is 547 g/mol. The van der Waals surface area contributed by atoms with Gasteiger partial charge in [-0.05, 0) is 51.8 Å². The fraction of sp³-hybridized carbons (Fsp3) is 0.310. The summed E-state index contributed by atoms with van der Waals surface area (Å²) in [6.07, 6.45) is 3.44. The Morgan fingerprint density at radius 3 is 2.51 bits per heavy atom. The summed E-state index contributed by atoms with van der Waals surface area (Å²) in [4.78, 5) is 35.2. The van der Waals surface area contributed by atoms with Crippen molar-refractivity contribution >= 4 is 44.4 Å². The highest BCUT2D eigenvalue weighted by molar-refractivity contribution is 7.21. The Bertz CT molecular complexity index is 1730. The zero-order valence-electron chi connectivity index (χ0n) is 23.3. The number of amides is 1. The van der Waals surface area contributed by atoms with Gasteiger partial charge in [0.05, 0.1) is 58.2 Å². The molecule has 0 saturated carbocycles. The molecule has 0 spiro atoms. The predicted octanol–water partition coefficient (Wildman–Crippen LogP) is 6.58. The molecule has 0 aliphatic rings. The van der Waals surface area contributed by atoms with Gasteiger partial charge in [0.2, 0.25) is 5.88 Å². The molecule has 0 bridgehead atoms. The molecule has 212 valence electrons. The van der Waals surface area contributed by atoms with Gasteiger partial charge in [0.15, 0.2) is 11.6 Å². The largest absolute Gasteiger partial charge is 0.485 e. The first-order chi connectivity index (χ1) is 19.6. The van der Waals surface area contributed by atoms with Gasteiger partial charge in [0.1, 0.15) is 16.9 Å². The van der Waals surface area contributed by atoms with E-state index in [0.29, 0.717) is 50.3 Å². The van der Waals surface area contributed by atoms with Crippen molar-refractivity contribution in [3.8, 4) is 22.2 Å². The van der Waals surface area contributed by atoms with Crippen LogP contribution in [0.1, 0.15) is 38.6 Å². The van der Waals surface area contributed by atoms with Crippen molar-refractivity contribution in [2.24, 2.45) is 0 Å².